The van der Waals surface area contributed by atoms with Gasteiger partial charge < -0.3 is 4.90 Å². The summed E-state index contributed by atoms with van der Waals surface area (Å²) >= 11 is 6.11. The molecule has 4 nitrogen and oxygen atoms in total. The third-order valence-corrected chi connectivity index (χ3v) is 7.86. The van der Waals surface area contributed by atoms with Crippen LogP contribution in [0.25, 0.3) is 0 Å². The van der Waals surface area contributed by atoms with Gasteiger partial charge in [-0.25, -0.2) is 8.42 Å². The molecule has 1 N–H and O–H groups in total. The van der Waals surface area contributed by atoms with Crippen LogP contribution < -0.4 is 4.90 Å². The van der Waals surface area contributed by atoms with Crippen LogP contribution in [0.15, 0.2) is 23.1 Å². The lowest BCUT2D eigenvalue weighted by molar-refractivity contribution is -0.926. The molecule has 2 aliphatic heterocycles. The van der Waals surface area contributed by atoms with Crippen LogP contribution in [0.4, 0.5) is 0 Å². The van der Waals surface area contributed by atoms with Crippen LogP contribution in [0.3, 0.4) is 0 Å². The zero-order valence-electron chi connectivity index (χ0n) is 14.4. The van der Waals surface area contributed by atoms with Crippen LogP contribution in [0.5, 0.6) is 0 Å². The van der Waals surface area contributed by atoms with Crippen molar-refractivity contribution >= 4 is 21.6 Å². The predicted octanol–water partition coefficient (Wildman–Crippen LogP) is 2.26. The Kier molecular flexibility index (Phi) is 5.85. The van der Waals surface area contributed by atoms with Gasteiger partial charge in [0.25, 0.3) is 0 Å². The number of hydrogen-bond donors (Lipinski definition) is 1. The molecule has 2 fully saturated rings. The highest BCUT2D eigenvalue weighted by atomic mass is 35.5. The van der Waals surface area contributed by atoms with Crippen LogP contribution in [-0.4, -0.2) is 44.9 Å². The average Bonchev–Trinajstić information content (AvgIpc) is 2.86. The molecule has 1 aromatic rings. The highest BCUT2D eigenvalue weighted by Gasteiger charge is 2.33. The molecule has 0 saturated carbocycles. The first-order chi connectivity index (χ1) is 11.5. The van der Waals surface area contributed by atoms with Gasteiger partial charge in [0.2, 0.25) is 10.0 Å². The molecule has 0 amide bonds. The van der Waals surface area contributed by atoms with Crippen molar-refractivity contribution in [2.24, 2.45) is 0 Å². The Bertz CT molecular complexity index is 662. The van der Waals surface area contributed by atoms with E-state index in [-0.39, 0.29) is 0 Å². The quantitative estimate of drug-likeness (QED) is 0.885. The number of sulfonamides is 1. The zero-order chi connectivity index (χ0) is 17.2. The summed E-state index contributed by atoms with van der Waals surface area (Å²) in [6.45, 7) is 5.65. The van der Waals surface area contributed by atoms with Crippen LogP contribution in [0, 0.1) is 6.92 Å². The fraction of sp³-hybridized carbons (Fsp3) is 0.667. The Morgan fingerprint density at radius 3 is 2.29 bits per heavy atom. The average molecular weight is 372 g/mol. The SMILES string of the molecule is Cc1ccc(S(=O)(=O)N2CCC([NH+]3CCCCCC3)CC2)cc1Cl. The highest BCUT2D eigenvalue weighted by Crippen LogP contribution is 2.24. The Morgan fingerprint density at radius 2 is 1.71 bits per heavy atom. The molecule has 2 saturated heterocycles. The Balaban J connectivity index is 1.65. The fourth-order valence-corrected chi connectivity index (χ4v) is 5.72. The van der Waals surface area contributed by atoms with E-state index >= 15 is 0 Å². The first-order valence-corrected chi connectivity index (χ1v) is 10.9. The maximum atomic E-state index is 12.8. The van der Waals surface area contributed by atoms with E-state index in [0.717, 1.165) is 18.4 Å². The van der Waals surface area contributed by atoms with E-state index in [1.807, 2.05) is 6.92 Å². The van der Waals surface area contributed by atoms with Crippen molar-refractivity contribution in [1.82, 2.24) is 4.31 Å². The van der Waals surface area contributed by atoms with Crippen LogP contribution in [0.1, 0.15) is 44.1 Å². The van der Waals surface area contributed by atoms with Gasteiger partial charge in [-0.3, -0.25) is 0 Å². The lowest BCUT2D eigenvalue weighted by Gasteiger charge is -2.35. The smallest absolute Gasteiger partial charge is 0.243 e. The van der Waals surface area contributed by atoms with E-state index in [4.69, 9.17) is 11.6 Å². The molecule has 1 aromatic carbocycles. The fourth-order valence-electron chi connectivity index (χ4n) is 3.98. The van der Waals surface area contributed by atoms with E-state index in [1.54, 1.807) is 27.4 Å². The maximum Gasteiger partial charge on any atom is 0.243 e. The van der Waals surface area contributed by atoms with Crippen molar-refractivity contribution in [3.05, 3.63) is 28.8 Å². The maximum absolute atomic E-state index is 12.8. The molecule has 2 heterocycles. The topological polar surface area (TPSA) is 41.8 Å². The van der Waals surface area contributed by atoms with Crippen LogP contribution in [-0.2, 0) is 10.0 Å². The largest absolute Gasteiger partial charge is 0.332 e. The zero-order valence-corrected chi connectivity index (χ0v) is 16.0. The number of benzene rings is 1. The lowest BCUT2D eigenvalue weighted by atomic mass is 10.0. The minimum absolute atomic E-state index is 0.318. The summed E-state index contributed by atoms with van der Waals surface area (Å²) in [5, 5.41) is 0.514. The highest BCUT2D eigenvalue weighted by molar-refractivity contribution is 7.89. The molecule has 134 valence electrons. The molecular weight excluding hydrogens is 344 g/mol. The van der Waals surface area contributed by atoms with Crippen molar-refractivity contribution in [3.63, 3.8) is 0 Å². The molecule has 0 bridgehead atoms. The summed E-state index contributed by atoms with van der Waals surface area (Å²) in [4.78, 5) is 2.02. The molecule has 0 unspecified atom stereocenters. The van der Waals surface area contributed by atoms with Crippen molar-refractivity contribution in [3.8, 4) is 0 Å². The van der Waals surface area contributed by atoms with Gasteiger partial charge in [-0.2, -0.15) is 4.31 Å². The monoisotopic (exact) mass is 371 g/mol. The van der Waals surface area contributed by atoms with Gasteiger partial charge in [-0.05, 0) is 50.3 Å². The second-order valence-electron chi connectivity index (χ2n) is 7.16. The molecule has 0 atom stereocenters. The minimum Gasteiger partial charge on any atom is -0.332 e. The predicted molar refractivity (Wildman–Crippen MR) is 97.1 cm³/mol. The Hall–Kier alpha value is -0.620. The van der Waals surface area contributed by atoms with Crippen LogP contribution in [0.2, 0.25) is 5.02 Å². The van der Waals surface area contributed by atoms with Gasteiger partial charge in [-0.1, -0.05) is 17.7 Å². The first kappa shape index (κ1) is 18.2. The molecule has 24 heavy (non-hydrogen) atoms. The van der Waals surface area contributed by atoms with Gasteiger partial charge in [0.1, 0.15) is 0 Å². The number of aryl methyl sites for hydroxylation is 1. The van der Waals surface area contributed by atoms with Crippen LogP contribution >= 0.6 is 11.6 Å². The van der Waals surface area contributed by atoms with Gasteiger partial charge in [0.15, 0.2) is 0 Å². The molecule has 6 heteroatoms. The minimum atomic E-state index is -3.42. The van der Waals surface area contributed by atoms with E-state index in [1.165, 1.54) is 38.8 Å². The number of piperidine rings is 1. The number of nitrogens with one attached hydrogen (secondary N) is 1. The van der Waals surface area contributed by atoms with Gasteiger partial charge in [0, 0.05) is 31.0 Å². The molecule has 0 aromatic heterocycles. The summed E-state index contributed by atoms with van der Waals surface area (Å²) in [5.74, 6) is 0. The standard InChI is InChI=1S/C18H27ClN2O2S/c1-15-6-7-17(14-18(15)19)24(22,23)21-12-8-16(9-13-21)20-10-4-2-3-5-11-20/h6-7,14,16H,2-5,8-13H2,1H3/p+1. The van der Waals surface area contributed by atoms with E-state index in [0.29, 0.717) is 29.0 Å². The number of likely N-dealkylation sites (tertiary alicyclic amines) is 1. The van der Waals surface area contributed by atoms with Crippen molar-refractivity contribution < 1.29 is 13.3 Å². The second kappa shape index (κ2) is 7.73. The first-order valence-electron chi connectivity index (χ1n) is 9.09. The molecule has 3 rings (SSSR count). The van der Waals surface area contributed by atoms with E-state index < -0.39 is 10.0 Å². The number of hydrogen-bond acceptors (Lipinski definition) is 2. The molecule has 0 spiro atoms. The Morgan fingerprint density at radius 1 is 1.08 bits per heavy atom. The lowest BCUT2D eigenvalue weighted by Crippen LogP contribution is -3.16. The van der Waals surface area contributed by atoms with Gasteiger partial charge in [0.05, 0.1) is 24.0 Å². The summed E-state index contributed by atoms with van der Waals surface area (Å²) in [6.07, 6.45) is 7.27. The third kappa shape index (κ3) is 3.96. The van der Waals surface area contributed by atoms with Gasteiger partial charge >= 0.3 is 0 Å². The van der Waals surface area contributed by atoms with Crippen molar-refractivity contribution in [2.45, 2.75) is 56.4 Å². The normalized spacial score (nSPS) is 22.4. The number of nitrogens with zero attached hydrogens (tertiary/aromatic N) is 1. The second-order valence-corrected chi connectivity index (χ2v) is 9.51. The molecule has 2 aliphatic rings. The molecular formula is C18H28ClN2O2S+. The number of halogens is 1. The van der Waals surface area contributed by atoms with Gasteiger partial charge in [-0.15, -0.1) is 0 Å². The summed E-state index contributed by atoms with van der Waals surface area (Å²) in [5.41, 5.74) is 0.902. The molecule has 0 aliphatic carbocycles. The summed E-state index contributed by atoms with van der Waals surface area (Å²) < 4.78 is 27.3. The Labute approximate surface area is 150 Å². The molecule has 0 radical (unpaired) electrons. The van der Waals surface area contributed by atoms with Crippen molar-refractivity contribution in [1.29, 1.82) is 0 Å². The number of rotatable bonds is 3. The van der Waals surface area contributed by atoms with E-state index in [2.05, 4.69) is 0 Å². The number of quaternary nitrogens is 1. The van der Waals surface area contributed by atoms with E-state index in [9.17, 15) is 8.42 Å². The summed E-state index contributed by atoms with van der Waals surface area (Å²) in [7, 11) is -3.42. The summed E-state index contributed by atoms with van der Waals surface area (Å²) in [6, 6.07) is 5.65. The van der Waals surface area contributed by atoms with Crippen molar-refractivity contribution in [2.75, 3.05) is 26.2 Å². The third-order valence-electron chi connectivity index (χ3n) is 5.56.